The van der Waals surface area contributed by atoms with Crippen molar-refractivity contribution in [1.29, 1.82) is 0 Å². The molecule has 1 saturated heterocycles. The maximum atomic E-state index is 12.7. The Labute approximate surface area is 139 Å². The number of H-pyrrole nitrogens is 1. The van der Waals surface area contributed by atoms with E-state index in [1.54, 1.807) is 18.0 Å². The Morgan fingerprint density at radius 1 is 1.33 bits per heavy atom. The number of hydrogen-bond donors (Lipinski definition) is 1. The molecule has 7 nitrogen and oxygen atoms in total. The number of hydrogen-bond acceptors (Lipinski definition) is 4. The highest BCUT2D eigenvalue weighted by molar-refractivity contribution is 5.76. The van der Waals surface area contributed by atoms with E-state index in [-0.39, 0.29) is 18.5 Å². The molecule has 1 aliphatic rings. The summed E-state index contributed by atoms with van der Waals surface area (Å²) in [7, 11) is 0. The molecule has 0 radical (unpaired) electrons. The SMILES string of the molecule is Cc1cn(CC(=O)N2CCCC[C@@H]2c2ccccn2)c(=O)[nH]c1=O. The number of nitrogens with one attached hydrogen (secondary N) is 1. The van der Waals surface area contributed by atoms with Crippen molar-refractivity contribution >= 4 is 5.91 Å². The first-order valence-corrected chi connectivity index (χ1v) is 8.07. The third-order valence-electron chi connectivity index (χ3n) is 4.35. The van der Waals surface area contributed by atoms with Crippen LogP contribution in [0.15, 0.2) is 40.2 Å². The number of aromatic amines is 1. The Bertz CT molecular complexity index is 841. The van der Waals surface area contributed by atoms with Crippen LogP contribution in [0.4, 0.5) is 0 Å². The molecule has 0 aliphatic carbocycles. The van der Waals surface area contributed by atoms with Gasteiger partial charge in [0.2, 0.25) is 5.91 Å². The van der Waals surface area contributed by atoms with E-state index >= 15 is 0 Å². The van der Waals surface area contributed by atoms with Crippen molar-refractivity contribution in [2.45, 2.75) is 38.8 Å². The topological polar surface area (TPSA) is 88.1 Å². The first kappa shape index (κ1) is 16.2. The lowest BCUT2D eigenvalue weighted by Crippen LogP contribution is -2.43. The fraction of sp³-hybridized carbons (Fsp3) is 0.412. The van der Waals surface area contributed by atoms with E-state index in [1.807, 2.05) is 18.2 Å². The molecule has 24 heavy (non-hydrogen) atoms. The average molecular weight is 328 g/mol. The van der Waals surface area contributed by atoms with Crippen LogP contribution in [0.2, 0.25) is 0 Å². The number of amides is 1. The lowest BCUT2D eigenvalue weighted by Gasteiger charge is -2.35. The van der Waals surface area contributed by atoms with E-state index < -0.39 is 11.2 Å². The highest BCUT2D eigenvalue weighted by atomic mass is 16.2. The van der Waals surface area contributed by atoms with Gasteiger partial charge in [-0.25, -0.2) is 4.79 Å². The van der Waals surface area contributed by atoms with Crippen LogP contribution in [-0.2, 0) is 11.3 Å². The van der Waals surface area contributed by atoms with Crippen LogP contribution in [0.1, 0.15) is 36.6 Å². The number of piperidine rings is 1. The molecule has 1 fully saturated rings. The quantitative estimate of drug-likeness (QED) is 0.910. The fourth-order valence-electron chi connectivity index (χ4n) is 3.08. The maximum absolute atomic E-state index is 12.7. The maximum Gasteiger partial charge on any atom is 0.328 e. The molecule has 0 aromatic carbocycles. The first-order chi connectivity index (χ1) is 11.6. The minimum atomic E-state index is -0.564. The number of nitrogens with zero attached hydrogens (tertiary/aromatic N) is 3. The molecule has 3 heterocycles. The summed E-state index contributed by atoms with van der Waals surface area (Å²) in [5, 5.41) is 0. The molecule has 1 atom stereocenters. The minimum absolute atomic E-state index is 0.0630. The molecule has 1 aliphatic heterocycles. The number of carbonyl (C=O) groups is 1. The zero-order chi connectivity index (χ0) is 17.1. The van der Waals surface area contributed by atoms with Crippen molar-refractivity contribution in [2.24, 2.45) is 0 Å². The molecule has 1 amide bonds. The van der Waals surface area contributed by atoms with Gasteiger partial charge in [-0.3, -0.25) is 24.1 Å². The summed E-state index contributed by atoms with van der Waals surface area (Å²) in [5.74, 6) is -0.140. The molecular formula is C17H20N4O3. The van der Waals surface area contributed by atoms with E-state index in [0.29, 0.717) is 12.1 Å². The van der Waals surface area contributed by atoms with Gasteiger partial charge in [0.15, 0.2) is 0 Å². The first-order valence-electron chi connectivity index (χ1n) is 8.07. The smallest absolute Gasteiger partial charge is 0.328 e. The molecule has 1 N–H and O–H groups in total. The van der Waals surface area contributed by atoms with Gasteiger partial charge < -0.3 is 4.90 Å². The van der Waals surface area contributed by atoms with Crippen LogP contribution in [0.5, 0.6) is 0 Å². The molecular weight excluding hydrogens is 308 g/mol. The lowest BCUT2D eigenvalue weighted by molar-refractivity contribution is -0.135. The van der Waals surface area contributed by atoms with Crippen molar-refractivity contribution in [3.8, 4) is 0 Å². The van der Waals surface area contributed by atoms with E-state index in [0.717, 1.165) is 25.0 Å². The van der Waals surface area contributed by atoms with Crippen molar-refractivity contribution in [3.63, 3.8) is 0 Å². The second-order valence-corrected chi connectivity index (χ2v) is 6.05. The third-order valence-corrected chi connectivity index (χ3v) is 4.35. The number of rotatable bonds is 3. The van der Waals surface area contributed by atoms with Gasteiger partial charge in [-0.1, -0.05) is 6.07 Å². The molecule has 7 heteroatoms. The van der Waals surface area contributed by atoms with Gasteiger partial charge in [0.05, 0.1) is 11.7 Å². The summed E-state index contributed by atoms with van der Waals surface area (Å²) in [6, 6.07) is 5.62. The molecule has 0 unspecified atom stereocenters. The Balaban J connectivity index is 1.84. The normalized spacial score (nSPS) is 17.7. The Morgan fingerprint density at radius 2 is 2.17 bits per heavy atom. The molecule has 2 aromatic heterocycles. The van der Waals surface area contributed by atoms with Crippen LogP contribution in [-0.4, -0.2) is 31.9 Å². The van der Waals surface area contributed by atoms with Crippen LogP contribution in [0.3, 0.4) is 0 Å². The zero-order valence-electron chi connectivity index (χ0n) is 13.6. The van der Waals surface area contributed by atoms with Gasteiger partial charge >= 0.3 is 5.69 Å². The van der Waals surface area contributed by atoms with Crippen molar-refractivity contribution in [1.82, 2.24) is 19.4 Å². The van der Waals surface area contributed by atoms with Gasteiger partial charge in [0.1, 0.15) is 6.54 Å². The number of aromatic nitrogens is 3. The Hall–Kier alpha value is -2.70. The molecule has 126 valence electrons. The molecule has 3 rings (SSSR count). The summed E-state index contributed by atoms with van der Waals surface area (Å²) in [4.78, 5) is 44.5. The fourth-order valence-corrected chi connectivity index (χ4v) is 3.08. The number of likely N-dealkylation sites (tertiary alicyclic amines) is 1. The van der Waals surface area contributed by atoms with Gasteiger partial charge in [-0.05, 0) is 38.3 Å². The summed E-state index contributed by atoms with van der Waals surface area (Å²) in [5.41, 5.74) is 0.288. The van der Waals surface area contributed by atoms with Crippen molar-refractivity contribution in [3.05, 3.63) is 62.7 Å². The van der Waals surface area contributed by atoms with E-state index in [1.165, 1.54) is 10.8 Å². The number of pyridine rings is 1. The third kappa shape index (κ3) is 3.29. The van der Waals surface area contributed by atoms with E-state index in [4.69, 9.17) is 0 Å². The standard InChI is InChI=1S/C17H20N4O3/c1-12-10-20(17(24)19-16(12)23)11-15(22)21-9-5-3-7-14(21)13-6-2-4-8-18-13/h2,4,6,8,10,14H,3,5,7,9,11H2,1H3,(H,19,23,24)/t14-/m1/s1. The average Bonchev–Trinajstić information content (AvgIpc) is 2.60. The van der Waals surface area contributed by atoms with Gasteiger partial charge in [0.25, 0.3) is 5.56 Å². The van der Waals surface area contributed by atoms with Crippen molar-refractivity contribution in [2.75, 3.05) is 6.54 Å². The predicted molar refractivity (Wildman–Crippen MR) is 88.6 cm³/mol. The van der Waals surface area contributed by atoms with Crippen LogP contribution >= 0.6 is 0 Å². The predicted octanol–water partition coefficient (Wildman–Crippen LogP) is 0.994. The largest absolute Gasteiger partial charge is 0.333 e. The number of aryl methyl sites for hydroxylation is 1. The monoisotopic (exact) mass is 328 g/mol. The summed E-state index contributed by atoms with van der Waals surface area (Å²) in [6.07, 6.45) is 6.00. The second kappa shape index (κ2) is 6.82. The summed E-state index contributed by atoms with van der Waals surface area (Å²) >= 11 is 0. The van der Waals surface area contributed by atoms with E-state index in [9.17, 15) is 14.4 Å². The van der Waals surface area contributed by atoms with Crippen molar-refractivity contribution < 1.29 is 4.79 Å². The van der Waals surface area contributed by atoms with Gasteiger partial charge in [-0.15, -0.1) is 0 Å². The van der Waals surface area contributed by atoms with E-state index in [2.05, 4.69) is 9.97 Å². The Morgan fingerprint density at radius 3 is 2.92 bits per heavy atom. The molecule has 2 aromatic rings. The molecule has 0 bridgehead atoms. The molecule has 0 spiro atoms. The van der Waals surface area contributed by atoms with Crippen LogP contribution < -0.4 is 11.2 Å². The van der Waals surface area contributed by atoms with Gasteiger partial charge in [0, 0.05) is 24.5 Å². The highest BCUT2D eigenvalue weighted by Gasteiger charge is 2.28. The minimum Gasteiger partial charge on any atom is -0.333 e. The zero-order valence-corrected chi connectivity index (χ0v) is 13.6. The van der Waals surface area contributed by atoms with Crippen LogP contribution in [0.25, 0.3) is 0 Å². The lowest BCUT2D eigenvalue weighted by atomic mass is 9.98. The van der Waals surface area contributed by atoms with Gasteiger partial charge in [-0.2, -0.15) is 0 Å². The molecule has 0 saturated carbocycles. The van der Waals surface area contributed by atoms with Crippen LogP contribution in [0, 0.1) is 6.92 Å². The second-order valence-electron chi connectivity index (χ2n) is 6.05. The summed E-state index contributed by atoms with van der Waals surface area (Å²) in [6.45, 7) is 2.17. The highest BCUT2D eigenvalue weighted by Crippen LogP contribution is 2.29. The Kier molecular flexibility index (Phi) is 4.59. The summed E-state index contributed by atoms with van der Waals surface area (Å²) < 4.78 is 1.25. The number of carbonyl (C=O) groups excluding carboxylic acids is 1.